The van der Waals surface area contributed by atoms with Crippen LogP contribution in [0.4, 0.5) is 11.4 Å². The number of ketones is 1. The van der Waals surface area contributed by atoms with Crippen LogP contribution in [0.15, 0.2) is 72.9 Å². The highest BCUT2D eigenvalue weighted by Gasteiger charge is 2.25. The number of hydrogen-bond donors (Lipinski definition) is 4. The molecule has 1 aliphatic heterocycles. The van der Waals surface area contributed by atoms with Gasteiger partial charge in [0.25, 0.3) is 5.91 Å². The third kappa shape index (κ3) is 6.81. The van der Waals surface area contributed by atoms with E-state index in [0.29, 0.717) is 40.9 Å². The summed E-state index contributed by atoms with van der Waals surface area (Å²) in [5, 5.41) is 8.90. The number of primary amides is 1. The maximum absolute atomic E-state index is 13.0. The number of carbonyl (C=O) groups is 4. The fraction of sp³-hybridized carbons (Fsp3) is 0.226. The molecule has 0 bridgehead atoms. The van der Waals surface area contributed by atoms with Crippen molar-refractivity contribution in [2.24, 2.45) is 5.73 Å². The Labute approximate surface area is 233 Å². The van der Waals surface area contributed by atoms with E-state index in [1.807, 2.05) is 24.3 Å². The Kier molecular flexibility index (Phi) is 9.08. The molecule has 0 fully saturated rings. The van der Waals surface area contributed by atoms with Gasteiger partial charge in [0.2, 0.25) is 11.8 Å². The average Bonchev–Trinajstić information content (AvgIpc) is 3.28. The first-order valence-corrected chi connectivity index (χ1v) is 13.2. The number of amides is 3. The van der Waals surface area contributed by atoms with E-state index in [1.165, 1.54) is 6.07 Å². The van der Waals surface area contributed by atoms with Crippen LogP contribution in [0.2, 0.25) is 0 Å². The first-order chi connectivity index (χ1) is 19.3. The molecular formula is C31H33N5O4. The lowest BCUT2D eigenvalue weighted by Gasteiger charge is -2.17. The van der Waals surface area contributed by atoms with Gasteiger partial charge in [-0.1, -0.05) is 50.2 Å². The molecule has 1 aliphatic rings. The standard InChI is InChI=1S/C31H33N5O4/c1-3-36(4-2)15-14-33-28(37)16-20-8-11-24(12-9-20)34-19-26-25-13-10-22(18-27(25)35-31(26)40)29(38)21-6-5-7-23(17-21)30(32)39/h5-13,17-19,34H,3-4,14-16H2,1-2H3,(H2,32,39)(H,33,37)(H,35,40)/b26-19-. The zero-order valence-electron chi connectivity index (χ0n) is 22.6. The molecule has 3 amide bonds. The smallest absolute Gasteiger partial charge is 0.257 e. The molecule has 0 aliphatic carbocycles. The van der Waals surface area contributed by atoms with E-state index >= 15 is 0 Å². The van der Waals surface area contributed by atoms with Crippen molar-refractivity contribution in [3.63, 3.8) is 0 Å². The van der Waals surface area contributed by atoms with Gasteiger partial charge >= 0.3 is 0 Å². The maximum Gasteiger partial charge on any atom is 0.257 e. The van der Waals surface area contributed by atoms with Crippen LogP contribution in [0.25, 0.3) is 5.57 Å². The molecule has 0 spiro atoms. The van der Waals surface area contributed by atoms with E-state index in [1.54, 1.807) is 42.6 Å². The van der Waals surface area contributed by atoms with Gasteiger partial charge in [0.05, 0.1) is 12.0 Å². The monoisotopic (exact) mass is 539 g/mol. The van der Waals surface area contributed by atoms with Crippen LogP contribution >= 0.6 is 0 Å². The van der Waals surface area contributed by atoms with Crippen LogP contribution in [0.5, 0.6) is 0 Å². The van der Waals surface area contributed by atoms with Crippen LogP contribution in [0.3, 0.4) is 0 Å². The third-order valence-corrected chi connectivity index (χ3v) is 6.82. The summed E-state index contributed by atoms with van der Waals surface area (Å²) in [6.07, 6.45) is 1.91. The largest absolute Gasteiger partial charge is 0.366 e. The molecule has 0 aromatic heterocycles. The lowest BCUT2D eigenvalue weighted by molar-refractivity contribution is -0.120. The molecular weight excluding hydrogens is 506 g/mol. The molecule has 9 heteroatoms. The SMILES string of the molecule is CCN(CC)CCNC(=O)Cc1ccc(N/C=C2\C(=O)Nc3cc(C(=O)c4cccc(C(N)=O)c4)ccc32)cc1. The zero-order valence-corrected chi connectivity index (χ0v) is 22.6. The molecule has 0 saturated heterocycles. The first kappa shape index (κ1) is 28.3. The highest BCUT2D eigenvalue weighted by molar-refractivity contribution is 6.32. The number of nitrogens with zero attached hydrogens (tertiary/aromatic N) is 1. The summed E-state index contributed by atoms with van der Waals surface area (Å²) in [4.78, 5) is 51.6. The van der Waals surface area contributed by atoms with Gasteiger partial charge in [-0.2, -0.15) is 0 Å². The third-order valence-electron chi connectivity index (χ3n) is 6.82. The van der Waals surface area contributed by atoms with Crippen molar-refractivity contribution in [1.29, 1.82) is 0 Å². The van der Waals surface area contributed by atoms with Crippen molar-refractivity contribution in [3.8, 4) is 0 Å². The molecule has 4 rings (SSSR count). The van der Waals surface area contributed by atoms with Gasteiger partial charge in [0.1, 0.15) is 0 Å². The second-order valence-corrected chi connectivity index (χ2v) is 9.44. The Bertz CT molecular complexity index is 1460. The summed E-state index contributed by atoms with van der Waals surface area (Å²) in [7, 11) is 0. The van der Waals surface area contributed by atoms with E-state index in [2.05, 4.69) is 34.7 Å². The van der Waals surface area contributed by atoms with Crippen molar-refractivity contribution in [3.05, 3.63) is 101 Å². The minimum absolute atomic E-state index is 0.0207. The topological polar surface area (TPSA) is 134 Å². The zero-order chi connectivity index (χ0) is 28.6. The van der Waals surface area contributed by atoms with Crippen molar-refractivity contribution in [2.75, 3.05) is 36.8 Å². The summed E-state index contributed by atoms with van der Waals surface area (Å²) >= 11 is 0. The van der Waals surface area contributed by atoms with E-state index in [9.17, 15) is 19.2 Å². The quantitative estimate of drug-likeness (QED) is 0.206. The predicted octanol–water partition coefficient (Wildman–Crippen LogP) is 3.42. The van der Waals surface area contributed by atoms with Gasteiger partial charge < -0.3 is 26.6 Å². The molecule has 5 N–H and O–H groups in total. The highest BCUT2D eigenvalue weighted by atomic mass is 16.2. The Balaban J connectivity index is 1.38. The van der Waals surface area contributed by atoms with E-state index in [-0.39, 0.29) is 23.2 Å². The molecule has 40 heavy (non-hydrogen) atoms. The fourth-order valence-electron chi connectivity index (χ4n) is 4.47. The average molecular weight is 540 g/mol. The Morgan fingerprint density at radius 1 is 0.925 bits per heavy atom. The number of likely N-dealkylation sites (N-methyl/N-ethyl adjacent to an activating group) is 1. The number of benzene rings is 3. The summed E-state index contributed by atoms with van der Waals surface area (Å²) in [5.74, 6) is -1.21. The number of nitrogens with one attached hydrogen (secondary N) is 3. The molecule has 1 heterocycles. The van der Waals surface area contributed by atoms with Crippen LogP contribution < -0.4 is 21.7 Å². The Morgan fingerprint density at radius 3 is 2.33 bits per heavy atom. The fourth-order valence-corrected chi connectivity index (χ4v) is 4.47. The molecule has 206 valence electrons. The number of rotatable bonds is 12. The van der Waals surface area contributed by atoms with Crippen molar-refractivity contribution < 1.29 is 19.2 Å². The predicted molar refractivity (Wildman–Crippen MR) is 156 cm³/mol. The summed E-state index contributed by atoms with van der Waals surface area (Å²) in [6, 6.07) is 18.7. The summed E-state index contributed by atoms with van der Waals surface area (Å²) in [5.41, 5.74) is 9.56. The number of nitrogens with two attached hydrogens (primary N) is 1. The molecule has 3 aromatic rings. The van der Waals surface area contributed by atoms with E-state index in [4.69, 9.17) is 5.73 Å². The van der Waals surface area contributed by atoms with Gasteiger partial charge in [-0.05, 0) is 49.0 Å². The molecule has 0 unspecified atom stereocenters. The molecule has 0 atom stereocenters. The lowest BCUT2D eigenvalue weighted by atomic mass is 9.98. The number of hydrogen-bond acceptors (Lipinski definition) is 6. The molecule has 3 aromatic carbocycles. The number of carbonyl (C=O) groups excluding carboxylic acids is 4. The van der Waals surface area contributed by atoms with Crippen LogP contribution in [0, 0.1) is 0 Å². The molecule has 0 radical (unpaired) electrons. The van der Waals surface area contributed by atoms with Gasteiger partial charge in [-0.15, -0.1) is 0 Å². The van der Waals surface area contributed by atoms with Crippen molar-refractivity contribution in [2.45, 2.75) is 20.3 Å². The second kappa shape index (κ2) is 12.9. The summed E-state index contributed by atoms with van der Waals surface area (Å²) in [6.45, 7) is 7.57. The summed E-state index contributed by atoms with van der Waals surface area (Å²) < 4.78 is 0. The van der Waals surface area contributed by atoms with Gasteiger partial charge in [-0.3, -0.25) is 19.2 Å². The Hall–Kier alpha value is -4.76. The van der Waals surface area contributed by atoms with Crippen molar-refractivity contribution >= 4 is 40.5 Å². The number of anilines is 2. The minimum Gasteiger partial charge on any atom is -0.366 e. The highest BCUT2D eigenvalue weighted by Crippen LogP contribution is 2.33. The van der Waals surface area contributed by atoms with E-state index < -0.39 is 5.91 Å². The number of fused-ring (bicyclic) bond motifs is 1. The van der Waals surface area contributed by atoms with Gasteiger partial charge in [-0.25, -0.2) is 0 Å². The minimum atomic E-state index is -0.611. The van der Waals surface area contributed by atoms with Crippen LogP contribution in [0.1, 0.15) is 51.3 Å². The Morgan fingerprint density at radius 2 is 1.62 bits per heavy atom. The normalized spacial score (nSPS) is 13.2. The first-order valence-electron chi connectivity index (χ1n) is 13.2. The van der Waals surface area contributed by atoms with Crippen LogP contribution in [-0.2, 0) is 16.0 Å². The molecule has 0 saturated carbocycles. The van der Waals surface area contributed by atoms with Crippen LogP contribution in [-0.4, -0.2) is 54.6 Å². The van der Waals surface area contributed by atoms with Crippen molar-refractivity contribution in [1.82, 2.24) is 10.2 Å². The molecule has 9 nitrogen and oxygen atoms in total. The lowest BCUT2D eigenvalue weighted by Crippen LogP contribution is -2.35. The second-order valence-electron chi connectivity index (χ2n) is 9.44. The van der Waals surface area contributed by atoms with Gasteiger partial charge in [0.15, 0.2) is 5.78 Å². The maximum atomic E-state index is 13.0. The van der Waals surface area contributed by atoms with E-state index in [0.717, 1.165) is 30.9 Å². The van der Waals surface area contributed by atoms with Gasteiger partial charge in [0, 0.05) is 52.9 Å².